The van der Waals surface area contributed by atoms with Crippen LogP contribution in [0.25, 0.3) is 0 Å². The number of ether oxygens (including phenoxy) is 1. The molecule has 1 aromatic carbocycles. The summed E-state index contributed by atoms with van der Waals surface area (Å²) in [7, 11) is 0. The van der Waals surface area contributed by atoms with E-state index in [4.69, 9.17) is 10.5 Å². The van der Waals surface area contributed by atoms with Gasteiger partial charge in [-0.05, 0) is 31.4 Å². The Morgan fingerprint density at radius 1 is 1.35 bits per heavy atom. The molecule has 0 spiro atoms. The zero-order valence-corrected chi connectivity index (χ0v) is 16.0. The lowest BCUT2D eigenvalue weighted by Gasteiger charge is -2.23. The fourth-order valence-corrected chi connectivity index (χ4v) is 2.67. The topological polar surface area (TPSA) is 59.6 Å². The maximum Gasteiger partial charge on any atom is 0.188 e. The van der Waals surface area contributed by atoms with Crippen LogP contribution in [0.15, 0.2) is 29.3 Å². The molecule has 6 heteroatoms. The Balaban J connectivity index is 0.00000264. The maximum atomic E-state index is 13.6. The van der Waals surface area contributed by atoms with Gasteiger partial charge in [-0.1, -0.05) is 38.3 Å². The molecule has 1 aromatic rings. The lowest BCUT2D eigenvalue weighted by atomic mass is 9.96. The van der Waals surface area contributed by atoms with E-state index in [9.17, 15) is 4.39 Å². The molecule has 0 heterocycles. The molecular weight excluding hydrogens is 408 g/mol. The molecule has 1 saturated carbocycles. The van der Waals surface area contributed by atoms with Gasteiger partial charge in [0.1, 0.15) is 6.10 Å². The molecule has 0 amide bonds. The Morgan fingerprint density at radius 2 is 2.04 bits per heavy atom. The summed E-state index contributed by atoms with van der Waals surface area (Å²) in [6.07, 6.45) is 6.68. The van der Waals surface area contributed by atoms with E-state index in [0.29, 0.717) is 18.5 Å². The minimum absolute atomic E-state index is 0. The Kier molecular flexibility index (Phi) is 9.28. The first-order valence-corrected chi connectivity index (χ1v) is 8.16. The van der Waals surface area contributed by atoms with Crippen LogP contribution in [0.2, 0.25) is 0 Å². The average molecular weight is 435 g/mol. The average Bonchev–Trinajstić information content (AvgIpc) is 2.54. The highest BCUT2D eigenvalue weighted by Crippen LogP contribution is 2.18. The van der Waals surface area contributed by atoms with Crippen molar-refractivity contribution in [2.45, 2.75) is 57.6 Å². The molecule has 0 radical (unpaired) electrons. The number of hydrogen-bond donors (Lipinski definition) is 2. The van der Waals surface area contributed by atoms with E-state index in [-0.39, 0.29) is 41.6 Å². The molecule has 130 valence electrons. The molecule has 0 saturated heterocycles. The molecule has 4 nitrogen and oxygen atoms in total. The van der Waals surface area contributed by atoms with Gasteiger partial charge >= 0.3 is 0 Å². The highest BCUT2D eigenvalue weighted by atomic mass is 127. The number of nitrogens with zero attached hydrogens (tertiary/aromatic N) is 1. The van der Waals surface area contributed by atoms with Crippen molar-refractivity contribution in [2.24, 2.45) is 10.7 Å². The van der Waals surface area contributed by atoms with E-state index in [1.54, 1.807) is 18.2 Å². The van der Waals surface area contributed by atoms with Gasteiger partial charge in [0.05, 0.1) is 6.54 Å². The van der Waals surface area contributed by atoms with Crippen LogP contribution >= 0.6 is 24.0 Å². The van der Waals surface area contributed by atoms with E-state index in [0.717, 1.165) is 19.3 Å². The molecule has 1 unspecified atom stereocenters. The normalized spacial score (nSPS) is 17.2. The van der Waals surface area contributed by atoms with Gasteiger partial charge in [-0.3, -0.25) is 0 Å². The van der Waals surface area contributed by atoms with Crippen molar-refractivity contribution in [2.75, 3.05) is 6.54 Å². The molecular formula is C17H27FIN3O. The third-order valence-corrected chi connectivity index (χ3v) is 4.01. The van der Waals surface area contributed by atoms with Crippen molar-refractivity contribution in [1.82, 2.24) is 5.32 Å². The second-order valence-electron chi connectivity index (χ2n) is 5.78. The molecule has 2 rings (SSSR count). The van der Waals surface area contributed by atoms with Crippen LogP contribution < -0.4 is 15.8 Å². The predicted molar refractivity (Wildman–Crippen MR) is 103 cm³/mol. The molecule has 1 fully saturated rings. The van der Waals surface area contributed by atoms with Crippen LogP contribution in [0.5, 0.6) is 5.75 Å². The first-order chi connectivity index (χ1) is 10.7. The largest absolute Gasteiger partial charge is 0.485 e. The highest BCUT2D eigenvalue weighted by Gasteiger charge is 2.14. The highest BCUT2D eigenvalue weighted by molar-refractivity contribution is 14.0. The Labute approximate surface area is 155 Å². The first-order valence-electron chi connectivity index (χ1n) is 8.16. The summed E-state index contributed by atoms with van der Waals surface area (Å²) in [5, 5.41) is 3.27. The van der Waals surface area contributed by atoms with E-state index in [1.807, 2.05) is 6.92 Å². The number of guanidine groups is 1. The minimum atomic E-state index is -0.349. The van der Waals surface area contributed by atoms with Gasteiger partial charge in [-0.2, -0.15) is 0 Å². The van der Waals surface area contributed by atoms with E-state index < -0.39 is 0 Å². The van der Waals surface area contributed by atoms with Crippen LogP contribution in [0, 0.1) is 5.82 Å². The standard InChI is InChI=1S/C17H26FN3O.HI/c1-2-14(22-16-11-7-6-10-15(16)18)12-20-17(19)21-13-8-4-3-5-9-13;/h6-7,10-11,13-14H,2-5,8-9,12H2,1H3,(H3,19,20,21);1H. The van der Waals surface area contributed by atoms with Crippen LogP contribution in [0.1, 0.15) is 45.4 Å². The van der Waals surface area contributed by atoms with Crippen LogP contribution in [0.4, 0.5) is 4.39 Å². The van der Waals surface area contributed by atoms with Gasteiger partial charge in [0.2, 0.25) is 0 Å². The number of para-hydroxylation sites is 1. The van der Waals surface area contributed by atoms with Gasteiger partial charge in [0.25, 0.3) is 0 Å². The van der Waals surface area contributed by atoms with E-state index >= 15 is 0 Å². The van der Waals surface area contributed by atoms with Gasteiger partial charge in [-0.15, -0.1) is 24.0 Å². The molecule has 23 heavy (non-hydrogen) atoms. The lowest BCUT2D eigenvalue weighted by Crippen LogP contribution is -2.41. The number of nitrogens with one attached hydrogen (secondary N) is 1. The fourth-order valence-electron chi connectivity index (χ4n) is 2.67. The van der Waals surface area contributed by atoms with Crippen LogP contribution in [-0.2, 0) is 0 Å². The van der Waals surface area contributed by atoms with Gasteiger partial charge in [0, 0.05) is 6.04 Å². The van der Waals surface area contributed by atoms with Gasteiger partial charge < -0.3 is 15.8 Å². The molecule has 0 aromatic heterocycles. The smallest absolute Gasteiger partial charge is 0.188 e. The molecule has 0 bridgehead atoms. The summed E-state index contributed by atoms with van der Waals surface area (Å²) in [5.41, 5.74) is 5.94. The molecule has 1 aliphatic carbocycles. The van der Waals surface area contributed by atoms with Gasteiger partial charge in [-0.25, -0.2) is 9.38 Å². The number of halogens is 2. The predicted octanol–water partition coefficient (Wildman–Crippen LogP) is 3.84. The maximum absolute atomic E-state index is 13.6. The second-order valence-corrected chi connectivity index (χ2v) is 5.78. The summed E-state index contributed by atoms with van der Waals surface area (Å²) in [6, 6.07) is 6.86. The van der Waals surface area contributed by atoms with Crippen LogP contribution in [0.3, 0.4) is 0 Å². The molecule has 3 N–H and O–H groups in total. The number of aliphatic imine (C=N–C) groups is 1. The monoisotopic (exact) mass is 435 g/mol. The number of benzene rings is 1. The van der Waals surface area contributed by atoms with Gasteiger partial charge in [0.15, 0.2) is 17.5 Å². The quantitative estimate of drug-likeness (QED) is 0.406. The lowest BCUT2D eigenvalue weighted by molar-refractivity contribution is 0.196. The van der Waals surface area contributed by atoms with Crippen molar-refractivity contribution in [1.29, 1.82) is 0 Å². The minimum Gasteiger partial charge on any atom is -0.485 e. The van der Waals surface area contributed by atoms with E-state index in [1.165, 1.54) is 25.3 Å². The summed E-state index contributed by atoms with van der Waals surface area (Å²) in [4.78, 5) is 4.35. The second kappa shape index (κ2) is 10.7. The van der Waals surface area contributed by atoms with Crippen LogP contribution in [-0.4, -0.2) is 24.7 Å². The fraction of sp³-hybridized carbons (Fsp3) is 0.588. The van der Waals surface area contributed by atoms with Crippen molar-refractivity contribution in [3.05, 3.63) is 30.1 Å². The Hall–Kier alpha value is -1.05. The summed E-state index contributed by atoms with van der Waals surface area (Å²) < 4.78 is 19.3. The van der Waals surface area contributed by atoms with Crippen molar-refractivity contribution < 1.29 is 9.13 Å². The molecule has 1 aliphatic rings. The third kappa shape index (κ3) is 6.93. The van der Waals surface area contributed by atoms with Crippen molar-refractivity contribution in [3.8, 4) is 5.75 Å². The summed E-state index contributed by atoms with van der Waals surface area (Å²) in [5.74, 6) is 0.379. The number of hydrogen-bond acceptors (Lipinski definition) is 2. The van der Waals surface area contributed by atoms with Crippen molar-refractivity contribution in [3.63, 3.8) is 0 Å². The zero-order valence-electron chi connectivity index (χ0n) is 13.6. The summed E-state index contributed by atoms with van der Waals surface area (Å²) >= 11 is 0. The first kappa shape index (κ1) is 20.0. The third-order valence-electron chi connectivity index (χ3n) is 4.01. The Morgan fingerprint density at radius 3 is 2.70 bits per heavy atom. The number of rotatable bonds is 6. The molecule has 0 aliphatic heterocycles. The Bertz CT molecular complexity index is 492. The molecule has 1 atom stereocenters. The SMILES string of the molecule is CCC(CN=C(N)NC1CCCCC1)Oc1ccccc1F.I. The van der Waals surface area contributed by atoms with E-state index in [2.05, 4.69) is 10.3 Å². The zero-order chi connectivity index (χ0) is 15.8. The summed E-state index contributed by atoms with van der Waals surface area (Å²) in [6.45, 7) is 2.42. The van der Waals surface area contributed by atoms with Crippen molar-refractivity contribution >= 4 is 29.9 Å². The number of nitrogens with two attached hydrogens (primary N) is 1.